The van der Waals surface area contributed by atoms with Gasteiger partial charge in [-0.15, -0.1) is 0 Å². The number of nitrogens with zero attached hydrogens (tertiary/aromatic N) is 1. The summed E-state index contributed by atoms with van der Waals surface area (Å²) in [6.07, 6.45) is 8.76. The van der Waals surface area contributed by atoms with Crippen molar-refractivity contribution in [3.63, 3.8) is 0 Å². The first-order valence-corrected chi connectivity index (χ1v) is 13.5. The predicted octanol–water partition coefficient (Wildman–Crippen LogP) is 6.70. The zero-order valence-corrected chi connectivity index (χ0v) is 22.6. The highest BCUT2D eigenvalue weighted by molar-refractivity contribution is 9.11. The highest BCUT2D eigenvalue weighted by atomic mass is 79.9. The molecule has 3 aliphatic rings. The number of hydrogen-bond acceptors (Lipinski definition) is 5. The molecule has 0 amide bonds. The monoisotopic (exact) mass is 551 g/mol. The molecular weight excluding hydrogens is 518 g/mol. The van der Waals surface area contributed by atoms with Crippen molar-refractivity contribution in [3.05, 3.63) is 87.6 Å². The van der Waals surface area contributed by atoms with Crippen molar-refractivity contribution in [1.29, 1.82) is 0 Å². The molecule has 2 aromatic rings. The molecule has 0 saturated carbocycles. The maximum atomic E-state index is 6.06. The summed E-state index contributed by atoms with van der Waals surface area (Å²) in [7, 11) is 3.47. The van der Waals surface area contributed by atoms with Crippen LogP contribution in [0.1, 0.15) is 36.8 Å². The van der Waals surface area contributed by atoms with E-state index in [0.29, 0.717) is 19.1 Å². The highest BCUT2D eigenvalue weighted by Gasteiger charge is 2.29. The standard InChI is InChI=1S/C30H34BrNO4/c1-33-30(34-2)23-14-16-32(17-15-23)24-10-8-22(9-11-24)29-26-13-12-25(18-28(26)36-20-27(29)31)35-19-21-6-4-3-5-7-21/h3-8,10,12-13,18,23,30H,9,11,14-17,19-20H2,1-2H3. The molecule has 1 aliphatic carbocycles. The Balaban J connectivity index is 1.27. The summed E-state index contributed by atoms with van der Waals surface area (Å²) in [4.78, 5) is 2.53. The topological polar surface area (TPSA) is 40.2 Å². The SMILES string of the molecule is COC(OC)C1CCN(C2=CC=C(C3=C(Br)COc4cc(OCc5ccccc5)ccc43)CC2)CC1. The second kappa shape index (κ2) is 11.7. The van der Waals surface area contributed by atoms with Gasteiger partial charge in [0.25, 0.3) is 0 Å². The Morgan fingerprint density at radius 2 is 1.78 bits per heavy atom. The third-order valence-corrected chi connectivity index (χ3v) is 7.97. The molecular formula is C30H34BrNO4. The Bertz CT molecular complexity index is 1140. The summed E-state index contributed by atoms with van der Waals surface area (Å²) in [6.45, 7) is 3.18. The van der Waals surface area contributed by atoms with Crippen LogP contribution in [0.3, 0.4) is 0 Å². The summed E-state index contributed by atoms with van der Waals surface area (Å²) in [5, 5.41) is 0. The number of hydrogen-bond donors (Lipinski definition) is 0. The molecule has 0 unspecified atom stereocenters. The van der Waals surface area contributed by atoms with Gasteiger partial charge in [0.1, 0.15) is 24.7 Å². The fourth-order valence-corrected chi connectivity index (χ4v) is 5.99. The molecule has 1 saturated heterocycles. The Hall–Kier alpha value is -2.54. The Kier molecular flexibility index (Phi) is 8.15. The Labute approximate surface area is 222 Å². The van der Waals surface area contributed by atoms with E-state index in [1.54, 1.807) is 14.2 Å². The van der Waals surface area contributed by atoms with E-state index in [-0.39, 0.29) is 6.29 Å². The van der Waals surface area contributed by atoms with Gasteiger partial charge in [-0.25, -0.2) is 0 Å². The molecule has 2 aromatic carbocycles. The lowest BCUT2D eigenvalue weighted by molar-refractivity contribution is -0.146. The number of fused-ring (bicyclic) bond motifs is 1. The number of rotatable bonds is 8. The minimum Gasteiger partial charge on any atom is -0.489 e. The predicted molar refractivity (Wildman–Crippen MR) is 146 cm³/mol. The molecule has 6 heteroatoms. The molecule has 0 atom stereocenters. The molecule has 2 aliphatic heterocycles. The van der Waals surface area contributed by atoms with Gasteiger partial charge >= 0.3 is 0 Å². The van der Waals surface area contributed by atoms with Crippen molar-refractivity contribution in [3.8, 4) is 11.5 Å². The maximum absolute atomic E-state index is 6.06. The van der Waals surface area contributed by atoms with Gasteiger partial charge < -0.3 is 23.8 Å². The average molecular weight is 553 g/mol. The van der Waals surface area contributed by atoms with Gasteiger partial charge in [-0.3, -0.25) is 0 Å². The second-order valence-electron chi connectivity index (χ2n) is 9.51. The van der Waals surface area contributed by atoms with E-state index in [0.717, 1.165) is 65.9 Å². The lowest BCUT2D eigenvalue weighted by Crippen LogP contribution is -2.38. The molecule has 36 heavy (non-hydrogen) atoms. The van der Waals surface area contributed by atoms with E-state index in [1.165, 1.54) is 16.8 Å². The second-order valence-corrected chi connectivity index (χ2v) is 10.5. The summed E-state index contributed by atoms with van der Waals surface area (Å²) in [5.74, 6) is 2.16. The fraction of sp³-hybridized carbons (Fsp3) is 0.400. The molecule has 2 heterocycles. The van der Waals surface area contributed by atoms with Crippen LogP contribution in [-0.4, -0.2) is 45.1 Å². The van der Waals surface area contributed by atoms with Crippen molar-refractivity contribution < 1.29 is 18.9 Å². The van der Waals surface area contributed by atoms with Gasteiger partial charge in [0.05, 0.1) is 0 Å². The number of ether oxygens (including phenoxy) is 4. The van der Waals surface area contributed by atoms with Crippen LogP contribution >= 0.6 is 15.9 Å². The molecule has 190 valence electrons. The van der Waals surface area contributed by atoms with Crippen molar-refractivity contribution in [2.24, 2.45) is 5.92 Å². The van der Waals surface area contributed by atoms with Gasteiger partial charge in [-0.2, -0.15) is 0 Å². The van der Waals surface area contributed by atoms with E-state index in [9.17, 15) is 0 Å². The van der Waals surface area contributed by atoms with Crippen LogP contribution in [-0.2, 0) is 16.1 Å². The van der Waals surface area contributed by atoms with Crippen molar-refractivity contribution >= 4 is 21.5 Å². The summed E-state index contributed by atoms with van der Waals surface area (Å²) >= 11 is 3.79. The molecule has 0 bridgehead atoms. The van der Waals surface area contributed by atoms with Crippen LogP contribution in [0.2, 0.25) is 0 Å². The Morgan fingerprint density at radius 1 is 1.00 bits per heavy atom. The molecule has 0 aromatic heterocycles. The van der Waals surface area contributed by atoms with Gasteiger partial charge in [0.2, 0.25) is 0 Å². The first kappa shape index (κ1) is 25.1. The van der Waals surface area contributed by atoms with Crippen LogP contribution in [0, 0.1) is 5.92 Å². The van der Waals surface area contributed by atoms with Gasteiger partial charge in [-0.1, -0.05) is 52.3 Å². The average Bonchev–Trinajstić information content (AvgIpc) is 2.94. The third-order valence-electron chi connectivity index (χ3n) is 7.34. The lowest BCUT2D eigenvalue weighted by atomic mass is 9.88. The quantitative estimate of drug-likeness (QED) is 0.341. The molecule has 0 spiro atoms. The molecule has 5 nitrogen and oxygen atoms in total. The van der Waals surface area contributed by atoms with Gasteiger partial charge in [0.15, 0.2) is 6.29 Å². The molecule has 0 radical (unpaired) electrons. The van der Waals surface area contributed by atoms with Crippen LogP contribution in [0.4, 0.5) is 0 Å². The minimum absolute atomic E-state index is 0.0962. The van der Waals surface area contributed by atoms with Crippen molar-refractivity contribution in [2.75, 3.05) is 33.9 Å². The summed E-state index contributed by atoms with van der Waals surface area (Å²) in [5.41, 5.74) is 6.30. The van der Waals surface area contributed by atoms with Crippen LogP contribution in [0.25, 0.3) is 5.57 Å². The van der Waals surface area contributed by atoms with Crippen molar-refractivity contribution in [2.45, 2.75) is 38.6 Å². The first-order valence-electron chi connectivity index (χ1n) is 12.7. The molecule has 1 fully saturated rings. The first-order chi connectivity index (χ1) is 17.7. The number of halogens is 1. The molecule has 0 N–H and O–H groups in total. The van der Waals surface area contributed by atoms with Crippen LogP contribution < -0.4 is 9.47 Å². The highest BCUT2D eigenvalue weighted by Crippen LogP contribution is 2.44. The van der Waals surface area contributed by atoms with E-state index in [1.807, 2.05) is 30.3 Å². The summed E-state index contributed by atoms with van der Waals surface area (Å²) < 4.78 is 24.2. The van der Waals surface area contributed by atoms with E-state index >= 15 is 0 Å². The molecule has 5 rings (SSSR count). The zero-order chi connectivity index (χ0) is 24.9. The van der Waals surface area contributed by atoms with E-state index < -0.39 is 0 Å². The number of benzene rings is 2. The van der Waals surface area contributed by atoms with Crippen LogP contribution in [0.15, 0.2) is 76.4 Å². The number of methoxy groups -OCH3 is 2. The normalized spacial score (nSPS) is 18.5. The number of allylic oxidation sites excluding steroid dienone is 5. The van der Waals surface area contributed by atoms with E-state index in [4.69, 9.17) is 18.9 Å². The van der Waals surface area contributed by atoms with Crippen molar-refractivity contribution in [1.82, 2.24) is 4.90 Å². The third kappa shape index (κ3) is 5.56. The minimum atomic E-state index is -0.0962. The number of piperidine rings is 1. The van der Waals surface area contributed by atoms with E-state index in [2.05, 4.69) is 51.2 Å². The van der Waals surface area contributed by atoms with Gasteiger partial charge in [0, 0.05) is 60.6 Å². The largest absolute Gasteiger partial charge is 0.489 e. The van der Waals surface area contributed by atoms with Crippen LogP contribution in [0.5, 0.6) is 11.5 Å². The lowest BCUT2D eigenvalue weighted by Gasteiger charge is -2.38. The number of likely N-dealkylation sites (tertiary alicyclic amines) is 1. The maximum Gasteiger partial charge on any atom is 0.159 e. The zero-order valence-electron chi connectivity index (χ0n) is 21.0. The summed E-state index contributed by atoms with van der Waals surface area (Å²) in [6, 6.07) is 16.4. The Morgan fingerprint density at radius 3 is 2.47 bits per heavy atom. The van der Waals surface area contributed by atoms with Gasteiger partial charge in [-0.05, 0) is 55.0 Å². The fourth-order valence-electron chi connectivity index (χ4n) is 5.40. The smallest absolute Gasteiger partial charge is 0.159 e.